The topological polar surface area (TPSA) is 85.8 Å². The van der Waals surface area contributed by atoms with Gasteiger partial charge in [-0.25, -0.2) is 0 Å². The second-order valence-electron chi connectivity index (χ2n) is 5.43. The van der Waals surface area contributed by atoms with Crippen LogP contribution in [0.1, 0.15) is 33.1 Å². The lowest BCUT2D eigenvalue weighted by molar-refractivity contribution is 0.101. The van der Waals surface area contributed by atoms with Crippen LogP contribution in [0.3, 0.4) is 0 Å². The van der Waals surface area contributed by atoms with Crippen molar-refractivity contribution in [2.24, 2.45) is 7.05 Å². The summed E-state index contributed by atoms with van der Waals surface area (Å²) in [5.41, 5.74) is 3.83. The van der Waals surface area contributed by atoms with Gasteiger partial charge in [0.2, 0.25) is 5.89 Å². The molecule has 1 amide bonds. The highest BCUT2D eigenvalue weighted by atomic mass is 16.4. The maximum Gasteiger partial charge on any atom is 0.322 e. The lowest BCUT2D eigenvalue weighted by Crippen LogP contribution is -2.13. The molecule has 2 heterocycles. The van der Waals surface area contributed by atoms with Crippen molar-refractivity contribution >= 4 is 11.9 Å². The fourth-order valence-corrected chi connectivity index (χ4v) is 2.16. The van der Waals surface area contributed by atoms with E-state index in [1.165, 1.54) is 11.1 Å². The van der Waals surface area contributed by atoms with Gasteiger partial charge in [0.1, 0.15) is 0 Å². The second-order valence-corrected chi connectivity index (χ2v) is 5.43. The van der Waals surface area contributed by atoms with Crippen molar-refractivity contribution in [3.05, 3.63) is 58.7 Å². The lowest BCUT2D eigenvalue weighted by atomic mass is 10.0. The molecule has 2 aromatic heterocycles. The van der Waals surface area contributed by atoms with E-state index in [1.807, 2.05) is 6.07 Å². The first-order valence-electron chi connectivity index (χ1n) is 7.21. The van der Waals surface area contributed by atoms with E-state index in [1.54, 1.807) is 24.0 Å². The summed E-state index contributed by atoms with van der Waals surface area (Å²) in [6.45, 7) is 4.13. The van der Waals surface area contributed by atoms with Crippen LogP contribution in [0.5, 0.6) is 0 Å². The Morgan fingerprint density at radius 1 is 1.22 bits per heavy atom. The first kappa shape index (κ1) is 15.0. The Morgan fingerprint density at radius 2 is 2.04 bits per heavy atom. The van der Waals surface area contributed by atoms with Crippen LogP contribution in [-0.2, 0) is 13.5 Å². The molecule has 1 N–H and O–H groups in total. The third-order valence-corrected chi connectivity index (χ3v) is 3.56. The maximum absolute atomic E-state index is 12.0. The fourth-order valence-electron chi connectivity index (χ4n) is 2.16. The molecule has 0 radical (unpaired) electrons. The highest BCUT2D eigenvalue weighted by Crippen LogP contribution is 2.15. The zero-order chi connectivity index (χ0) is 16.4. The SMILES string of the molecule is Cc1ccc(Cc2nnc(NC(=O)c3ccn(C)n3)o2)cc1C. The van der Waals surface area contributed by atoms with Gasteiger partial charge in [0.25, 0.3) is 5.91 Å². The molecular weight excluding hydrogens is 294 g/mol. The Kier molecular flexibility index (Phi) is 3.92. The van der Waals surface area contributed by atoms with Crippen LogP contribution in [0.2, 0.25) is 0 Å². The largest absolute Gasteiger partial charge is 0.407 e. The van der Waals surface area contributed by atoms with Gasteiger partial charge >= 0.3 is 6.01 Å². The van der Waals surface area contributed by atoms with E-state index in [4.69, 9.17) is 4.42 Å². The Morgan fingerprint density at radius 3 is 2.74 bits per heavy atom. The summed E-state index contributed by atoms with van der Waals surface area (Å²) in [6, 6.07) is 7.86. The average molecular weight is 311 g/mol. The molecule has 1 aromatic carbocycles. The van der Waals surface area contributed by atoms with Gasteiger partial charge < -0.3 is 4.42 Å². The minimum Gasteiger partial charge on any atom is -0.407 e. The number of aryl methyl sites for hydroxylation is 3. The van der Waals surface area contributed by atoms with Gasteiger partial charge in [-0.05, 0) is 36.6 Å². The number of nitrogens with one attached hydrogen (secondary N) is 1. The second kappa shape index (κ2) is 6.04. The summed E-state index contributed by atoms with van der Waals surface area (Å²) in [4.78, 5) is 12.0. The normalized spacial score (nSPS) is 10.7. The van der Waals surface area contributed by atoms with Crippen LogP contribution in [0, 0.1) is 13.8 Å². The summed E-state index contributed by atoms with van der Waals surface area (Å²) in [5.74, 6) is 0.0663. The van der Waals surface area contributed by atoms with Crippen LogP contribution in [-0.4, -0.2) is 25.9 Å². The standard InChI is InChI=1S/C16H17N5O2/c1-10-4-5-12(8-11(10)2)9-14-18-19-16(23-14)17-15(22)13-6-7-21(3)20-13/h4-8H,9H2,1-3H3,(H,17,19,22). The first-order valence-corrected chi connectivity index (χ1v) is 7.21. The Hall–Kier alpha value is -2.96. The van der Waals surface area contributed by atoms with E-state index in [0.29, 0.717) is 18.0 Å². The summed E-state index contributed by atoms with van der Waals surface area (Å²) in [7, 11) is 1.74. The van der Waals surface area contributed by atoms with E-state index in [-0.39, 0.29) is 11.9 Å². The Labute approximate surface area is 133 Å². The van der Waals surface area contributed by atoms with Crippen LogP contribution in [0.4, 0.5) is 6.01 Å². The summed E-state index contributed by atoms with van der Waals surface area (Å²) in [5, 5.41) is 14.4. The molecule has 0 unspecified atom stereocenters. The molecule has 7 nitrogen and oxygen atoms in total. The van der Waals surface area contributed by atoms with E-state index in [2.05, 4.69) is 46.6 Å². The van der Waals surface area contributed by atoms with E-state index in [0.717, 1.165) is 5.56 Å². The van der Waals surface area contributed by atoms with Gasteiger partial charge in [-0.15, -0.1) is 5.10 Å². The van der Waals surface area contributed by atoms with Gasteiger partial charge in [-0.3, -0.25) is 14.8 Å². The zero-order valence-electron chi connectivity index (χ0n) is 13.2. The number of carbonyl (C=O) groups excluding carboxylic acids is 1. The number of rotatable bonds is 4. The molecule has 0 spiro atoms. The van der Waals surface area contributed by atoms with Crippen molar-refractivity contribution in [1.82, 2.24) is 20.0 Å². The van der Waals surface area contributed by atoms with E-state index in [9.17, 15) is 4.79 Å². The van der Waals surface area contributed by atoms with Gasteiger partial charge in [-0.2, -0.15) is 5.10 Å². The van der Waals surface area contributed by atoms with Crippen LogP contribution in [0.25, 0.3) is 0 Å². The molecular formula is C16H17N5O2. The van der Waals surface area contributed by atoms with Crippen molar-refractivity contribution in [3.63, 3.8) is 0 Å². The highest BCUT2D eigenvalue weighted by Gasteiger charge is 2.14. The quantitative estimate of drug-likeness (QED) is 0.798. The summed E-state index contributed by atoms with van der Waals surface area (Å²) < 4.78 is 7.02. The molecule has 7 heteroatoms. The highest BCUT2D eigenvalue weighted by molar-refractivity contribution is 6.01. The molecule has 0 saturated carbocycles. The monoisotopic (exact) mass is 311 g/mol. The molecule has 23 heavy (non-hydrogen) atoms. The molecule has 0 saturated heterocycles. The number of anilines is 1. The summed E-state index contributed by atoms with van der Waals surface area (Å²) in [6.07, 6.45) is 2.21. The molecule has 0 aliphatic carbocycles. The number of hydrogen-bond donors (Lipinski definition) is 1. The maximum atomic E-state index is 12.0. The molecule has 0 fully saturated rings. The van der Waals surface area contributed by atoms with E-state index < -0.39 is 0 Å². The van der Waals surface area contributed by atoms with Gasteiger partial charge in [0, 0.05) is 13.2 Å². The van der Waals surface area contributed by atoms with Crippen molar-refractivity contribution in [2.45, 2.75) is 20.3 Å². The molecule has 0 aliphatic heterocycles. The van der Waals surface area contributed by atoms with Gasteiger partial charge in [0.05, 0.1) is 6.42 Å². The Balaban J connectivity index is 1.68. The molecule has 0 atom stereocenters. The molecule has 0 aliphatic rings. The number of hydrogen-bond acceptors (Lipinski definition) is 5. The van der Waals surface area contributed by atoms with Crippen molar-refractivity contribution < 1.29 is 9.21 Å². The van der Waals surface area contributed by atoms with E-state index >= 15 is 0 Å². The number of carbonyl (C=O) groups is 1. The zero-order valence-corrected chi connectivity index (χ0v) is 13.2. The van der Waals surface area contributed by atoms with Crippen LogP contribution in [0.15, 0.2) is 34.9 Å². The minimum absolute atomic E-state index is 0.0690. The number of benzene rings is 1. The number of aromatic nitrogens is 4. The fraction of sp³-hybridized carbons (Fsp3) is 0.250. The van der Waals surface area contributed by atoms with Gasteiger partial charge in [-0.1, -0.05) is 23.3 Å². The predicted molar refractivity (Wildman–Crippen MR) is 84.2 cm³/mol. The number of nitrogens with zero attached hydrogens (tertiary/aromatic N) is 4. The lowest BCUT2D eigenvalue weighted by Gasteiger charge is -2.02. The predicted octanol–water partition coefficient (Wildman–Crippen LogP) is 2.26. The molecule has 118 valence electrons. The average Bonchev–Trinajstić information content (AvgIpc) is 3.12. The summed E-state index contributed by atoms with van der Waals surface area (Å²) >= 11 is 0. The smallest absolute Gasteiger partial charge is 0.322 e. The first-order chi connectivity index (χ1) is 11.0. The Bertz CT molecular complexity index is 850. The third kappa shape index (κ3) is 3.45. The third-order valence-electron chi connectivity index (χ3n) is 3.56. The van der Waals surface area contributed by atoms with Crippen molar-refractivity contribution in [2.75, 3.05) is 5.32 Å². The van der Waals surface area contributed by atoms with Gasteiger partial charge in [0.15, 0.2) is 5.69 Å². The molecule has 3 aromatic rings. The van der Waals surface area contributed by atoms with Crippen molar-refractivity contribution in [1.29, 1.82) is 0 Å². The van der Waals surface area contributed by atoms with Crippen LogP contribution >= 0.6 is 0 Å². The minimum atomic E-state index is -0.382. The molecule has 3 rings (SSSR count). The molecule has 0 bridgehead atoms. The van der Waals surface area contributed by atoms with Crippen LogP contribution < -0.4 is 5.32 Å². The van der Waals surface area contributed by atoms with Crippen molar-refractivity contribution in [3.8, 4) is 0 Å². The number of amides is 1.